The van der Waals surface area contributed by atoms with Crippen molar-refractivity contribution in [1.29, 1.82) is 0 Å². The van der Waals surface area contributed by atoms with E-state index in [9.17, 15) is 14.4 Å². The van der Waals surface area contributed by atoms with Crippen molar-refractivity contribution in [2.24, 2.45) is 0 Å². The van der Waals surface area contributed by atoms with Crippen LogP contribution in [0, 0.1) is 6.92 Å². The second kappa shape index (κ2) is 15.2. The van der Waals surface area contributed by atoms with Crippen LogP contribution in [-0.2, 0) is 9.59 Å². The summed E-state index contributed by atoms with van der Waals surface area (Å²) in [6, 6.07) is 40.2. The number of hydrogen-bond donors (Lipinski definition) is 3. The molecule has 0 aliphatic heterocycles. The van der Waals surface area contributed by atoms with Crippen LogP contribution in [0.2, 0.25) is 0 Å². The average Bonchev–Trinajstić information content (AvgIpc) is 3.07. The number of benzene rings is 5. The van der Waals surface area contributed by atoms with E-state index in [1.807, 2.05) is 79.7 Å². The van der Waals surface area contributed by atoms with Gasteiger partial charge in [0.15, 0.2) is 0 Å². The van der Waals surface area contributed by atoms with E-state index in [0.717, 1.165) is 21.8 Å². The summed E-state index contributed by atoms with van der Waals surface area (Å²) in [5.41, 5.74) is 3.58. The molecular formula is C37H31N3O4S. The van der Waals surface area contributed by atoms with E-state index < -0.39 is 5.91 Å². The molecule has 5 aromatic rings. The molecule has 0 fully saturated rings. The fourth-order valence-corrected chi connectivity index (χ4v) is 4.95. The molecule has 3 amide bonds. The highest BCUT2D eigenvalue weighted by molar-refractivity contribution is 8.00. The third-order valence-electron chi connectivity index (χ3n) is 6.62. The second-order valence-electron chi connectivity index (χ2n) is 9.99. The third kappa shape index (κ3) is 9.19. The quantitative estimate of drug-likeness (QED) is 0.104. The van der Waals surface area contributed by atoms with E-state index in [1.165, 1.54) is 11.8 Å². The number of carbonyl (C=O) groups is 3. The van der Waals surface area contributed by atoms with Crippen molar-refractivity contribution in [2.75, 3.05) is 16.4 Å². The van der Waals surface area contributed by atoms with Crippen LogP contribution in [0.25, 0.3) is 6.08 Å². The van der Waals surface area contributed by atoms with Crippen molar-refractivity contribution >= 4 is 46.9 Å². The second-order valence-corrected chi connectivity index (χ2v) is 11.0. The van der Waals surface area contributed by atoms with Crippen molar-refractivity contribution in [1.82, 2.24) is 5.32 Å². The normalized spacial score (nSPS) is 10.9. The minimum absolute atomic E-state index is 0.118. The van der Waals surface area contributed by atoms with Gasteiger partial charge in [0, 0.05) is 21.8 Å². The third-order valence-corrected chi connectivity index (χ3v) is 7.63. The molecule has 0 saturated heterocycles. The summed E-state index contributed by atoms with van der Waals surface area (Å²) >= 11 is 1.38. The Bertz CT molecular complexity index is 1790. The van der Waals surface area contributed by atoms with E-state index in [0.29, 0.717) is 22.7 Å². The fourth-order valence-electron chi connectivity index (χ4n) is 4.26. The zero-order valence-electron chi connectivity index (χ0n) is 24.5. The zero-order chi connectivity index (χ0) is 31.4. The molecule has 0 heterocycles. The molecule has 0 aliphatic rings. The molecule has 7 nitrogen and oxygen atoms in total. The lowest BCUT2D eigenvalue weighted by atomic mass is 10.1. The summed E-state index contributed by atoms with van der Waals surface area (Å²) in [5.74, 6) is 0.647. The number of carbonyl (C=O) groups excluding carboxylic acids is 3. The molecule has 3 N–H and O–H groups in total. The van der Waals surface area contributed by atoms with Crippen LogP contribution < -0.4 is 20.7 Å². The number of ether oxygens (including phenoxy) is 1. The van der Waals surface area contributed by atoms with Crippen LogP contribution in [-0.4, -0.2) is 23.5 Å². The van der Waals surface area contributed by atoms with Crippen molar-refractivity contribution in [3.63, 3.8) is 0 Å². The summed E-state index contributed by atoms with van der Waals surface area (Å²) in [7, 11) is 0. The number of para-hydroxylation sites is 1. The van der Waals surface area contributed by atoms with Crippen molar-refractivity contribution in [3.8, 4) is 11.5 Å². The van der Waals surface area contributed by atoms with Gasteiger partial charge in [-0.3, -0.25) is 14.4 Å². The SMILES string of the molecule is Cc1ccccc1/C=C(\NC(=O)c1ccccc1)C(=O)Nc1ccc(SCC(=O)Nc2ccc(Oc3ccccc3)cc2)cc1. The Hall–Kier alpha value is -5.60. The number of amides is 3. The van der Waals surface area contributed by atoms with E-state index in [-0.39, 0.29) is 23.3 Å². The molecule has 0 unspecified atom stereocenters. The van der Waals surface area contributed by atoms with Crippen LogP contribution in [0.4, 0.5) is 11.4 Å². The van der Waals surface area contributed by atoms with Gasteiger partial charge in [0.2, 0.25) is 5.91 Å². The maximum absolute atomic E-state index is 13.3. The highest BCUT2D eigenvalue weighted by Crippen LogP contribution is 2.24. The first-order chi connectivity index (χ1) is 21.9. The molecule has 8 heteroatoms. The van der Waals surface area contributed by atoms with Gasteiger partial charge in [0.05, 0.1) is 5.75 Å². The van der Waals surface area contributed by atoms with E-state index >= 15 is 0 Å². The van der Waals surface area contributed by atoms with Crippen LogP contribution in [0.15, 0.2) is 144 Å². The highest BCUT2D eigenvalue weighted by atomic mass is 32.2. The standard InChI is InChI=1S/C37H31N3O4S/c1-26-10-8-9-13-28(26)24-34(40-36(42)27-11-4-2-5-12-27)37(43)39-30-18-22-33(23-19-30)45-25-35(41)38-29-16-20-32(21-17-29)44-31-14-6-3-7-15-31/h2-24H,25H2,1H3,(H,38,41)(H,39,43)(H,40,42)/b34-24-. The van der Waals surface area contributed by atoms with Gasteiger partial charge >= 0.3 is 0 Å². The zero-order valence-corrected chi connectivity index (χ0v) is 25.3. The van der Waals surface area contributed by atoms with Gasteiger partial charge in [0.1, 0.15) is 17.2 Å². The van der Waals surface area contributed by atoms with Gasteiger partial charge in [-0.25, -0.2) is 0 Å². The molecule has 0 bridgehead atoms. The topological polar surface area (TPSA) is 96.5 Å². The summed E-state index contributed by atoms with van der Waals surface area (Å²) < 4.78 is 5.79. The summed E-state index contributed by atoms with van der Waals surface area (Å²) in [5, 5.41) is 8.52. The Labute approximate surface area is 266 Å². The Balaban J connectivity index is 1.16. The van der Waals surface area contributed by atoms with Crippen LogP contribution >= 0.6 is 11.8 Å². The van der Waals surface area contributed by atoms with Crippen molar-refractivity contribution in [2.45, 2.75) is 11.8 Å². The average molecular weight is 614 g/mol. The minimum Gasteiger partial charge on any atom is -0.457 e. The van der Waals surface area contributed by atoms with Gasteiger partial charge in [-0.05, 0) is 96.9 Å². The first-order valence-corrected chi connectivity index (χ1v) is 15.2. The predicted octanol–water partition coefficient (Wildman–Crippen LogP) is 7.93. The maximum Gasteiger partial charge on any atom is 0.272 e. The number of rotatable bonds is 11. The molecule has 0 aromatic heterocycles. The van der Waals surface area contributed by atoms with Gasteiger partial charge < -0.3 is 20.7 Å². The van der Waals surface area contributed by atoms with E-state index in [2.05, 4.69) is 16.0 Å². The van der Waals surface area contributed by atoms with Crippen molar-refractivity contribution < 1.29 is 19.1 Å². The molecule has 0 aliphatic carbocycles. The van der Waals surface area contributed by atoms with Gasteiger partial charge in [-0.1, -0.05) is 60.7 Å². The first kappa shape index (κ1) is 30.8. The monoisotopic (exact) mass is 613 g/mol. The first-order valence-electron chi connectivity index (χ1n) is 14.2. The minimum atomic E-state index is -0.456. The van der Waals surface area contributed by atoms with Gasteiger partial charge in [-0.15, -0.1) is 11.8 Å². The Morgan fingerprint density at radius 1 is 0.667 bits per heavy atom. The number of anilines is 2. The lowest BCUT2D eigenvalue weighted by molar-refractivity contribution is -0.114. The van der Waals surface area contributed by atoms with E-state index in [4.69, 9.17) is 4.74 Å². The number of aryl methyl sites for hydroxylation is 1. The molecule has 5 rings (SSSR count). The summed E-state index contributed by atoms with van der Waals surface area (Å²) in [4.78, 5) is 39.6. The number of nitrogens with one attached hydrogen (secondary N) is 3. The van der Waals surface area contributed by atoms with Gasteiger partial charge in [-0.2, -0.15) is 0 Å². The molecule has 0 saturated carbocycles. The van der Waals surface area contributed by atoms with Crippen LogP contribution in [0.5, 0.6) is 11.5 Å². The van der Waals surface area contributed by atoms with Gasteiger partial charge in [0.25, 0.3) is 11.8 Å². The fraction of sp³-hybridized carbons (Fsp3) is 0.0541. The number of hydrogen-bond acceptors (Lipinski definition) is 5. The highest BCUT2D eigenvalue weighted by Gasteiger charge is 2.16. The molecule has 0 radical (unpaired) electrons. The molecule has 224 valence electrons. The lowest BCUT2D eigenvalue weighted by Gasteiger charge is -2.12. The lowest BCUT2D eigenvalue weighted by Crippen LogP contribution is -2.30. The predicted molar refractivity (Wildman–Crippen MR) is 180 cm³/mol. The van der Waals surface area contributed by atoms with Crippen LogP contribution in [0.1, 0.15) is 21.5 Å². The molecule has 0 spiro atoms. The van der Waals surface area contributed by atoms with Crippen LogP contribution in [0.3, 0.4) is 0 Å². The Morgan fingerprint density at radius 3 is 1.93 bits per heavy atom. The molecule has 45 heavy (non-hydrogen) atoms. The largest absolute Gasteiger partial charge is 0.457 e. The molecule has 5 aromatic carbocycles. The maximum atomic E-state index is 13.3. The smallest absolute Gasteiger partial charge is 0.272 e. The molecular weight excluding hydrogens is 582 g/mol. The van der Waals surface area contributed by atoms with E-state index in [1.54, 1.807) is 66.7 Å². The Kier molecular flexibility index (Phi) is 10.4. The molecule has 0 atom stereocenters. The summed E-state index contributed by atoms with van der Waals surface area (Å²) in [6.07, 6.45) is 1.66. The Morgan fingerprint density at radius 2 is 1.24 bits per heavy atom. The summed E-state index contributed by atoms with van der Waals surface area (Å²) in [6.45, 7) is 1.94. The number of thioether (sulfide) groups is 1. The van der Waals surface area contributed by atoms with Crippen molar-refractivity contribution in [3.05, 3.63) is 156 Å².